The lowest BCUT2D eigenvalue weighted by atomic mass is 10.1. The molecule has 132 valence electrons. The van der Waals surface area contributed by atoms with E-state index >= 15 is 0 Å². The van der Waals surface area contributed by atoms with Crippen LogP contribution in [0.3, 0.4) is 0 Å². The minimum atomic E-state index is -1.66. The van der Waals surface area contributed by atoms with Gasteiger partial charge >= 0.3 is 0 Å². The van der Waals surface area contributed by atoms with Gasteiger partial charge in [0.1, 0.15) is 30.1 Å². The molecule has 8 heteroatoms. The number of ether oxygens (including phenoxy) is 2. The lowest BCUT2D eigenvalue weighted by molar-refractivity contribution is 0.256. The number of nitrogens with zero attached hydrogens (tertiary/aromatic N) is 2. The van der Waals surface area contributed by atoms with Crippen molar-refractivity contribution in [1.82, 2.24) is 0 Å². The monoisotopic (exact) mass is 362 g/mol. The van der Waals surface area contributed by atoms with Crippen molar-refractivity contribution in [2.75, 3.05) is 7.11 Å². The lowest BCUT2D eigenvalue weighted by Gasteiger charge is -2.13. The largest absolute Gasteiger partial charge is 0.496 e. The van der Waals surface area contributed by atoms with Crippen molar-refractivity contribution in [2.24, 2.45) is 0 Å². The van der Waals surface area contributed by atoms with E-state index in [4.69, 9.17) is 20.0 Å². The molecule has 0 N–H and O–H groups in total. The van der Waals surface area contributed by atoms with E-state index < -0.39 is 35.6 Å². The summed E-state index contributed by atoms with van der Waals surface area (Å²) in [5, 5.41) is 17.6. The standard InChI is InChI=1S/C18H10F4N2O2/c1-25-15-3-2-10(4-11(7-23)8-24)5-12(15)9-26-18-16(21)13(19)6-14(20)17(18)22/h2-6H,9H2,1H3. The van der Waals surface area contributed by atoms with Crippen LogP contribution in [0.25, 0.3) is 6.08 Å². The predicted octanol–water partition coefficient (Wildman–Crippen LogP) is 4.26. The SMILES string of the molecule is COc1ccc(C=C(C#N)C#N)cc1COc1c(F)c(F)cc(F)c1F. The smallest absolute Gasteiger partial charge is 0.203 e. The summed E-state index contributed by atoms with van der Waals surface area (Å²) in [5.74, 6) is -7.41. The van der Waals surface area contributed by atoms with E-state index in [9.17, 15) is 17.6 Å². The van der Waals surface area contributed by atoms with Crippen LogP contribution in [0.5, 0.6) is 11.5 Å². The van der Waals surface area contributed by atoms with Crippen molar-refractivity contribution in [3.05, 3.63) is 64.2 Å². The van der Waals surface area contributed by atoms with Crippen LogP contribution < -0.4 is 9.47 Å². The second kappa shape index (κ2) is 8.04. The van der Waals surface area contributed by atoms with Crippen LogP contribution in [0.2, 0.25) is 0 Å². The molecule has 4 nitrogen and oxygen atoms in total. The molecule has 0 atom stereocenters. The first-order valence-corrected chi connectivity index (χ1v) is 7.05. The predicted molar refractivity (Wildman–Crippen MR) is 82.8 cm³/mol. The lowest BCUT2D eigenvalue weighted by Crippen LogP contribution is -2.05. The Balaban J connectivity index is 2.37. The molecule has 0 amide bonds. The Morgan fingerprint density at radius 2 is 1.65 bits per heavy atom. The first kappa shape index (κ1) is 18.8. The molecule has 0 spiro atoms. The topological polar surface area (TPSA) is 66.0 Å². The van der Waals surface area contributed by atoms with Gasteiger partial charge in [0.05, 0.1) is 7.11 Å². The van der Waals surface area contributed by atoms with E-state index in [1.165, 1.54) is 25.3 Å². The summed E-state index contributed by atoms with van der Waals surface area (Å²) in [6.07, 6.45) is 1.28. The van der Waals surface area contributed by atoms with Crippen molar-refractivity contribution >= 4 is 6.08 Å². The van der Waals surface area contributed by atoms with Gasteiger partial charge in [-0.1, -0.05) is 6.07 Å². The Morgan fingerprint density at radius 3 is 2.19 bits per heavy atom. The van der Waals surface area contributed by atoms with E-state index in [2.05, 4.69) is 0 Å². The number of halogens is 4. The van der Waals surface area contributed by atoms with Crippen molar-refractivity contribution in [3.63, 3.8) is 0 Å². The van der Waals surface area contributed by atoms with E-state index in [0.29, 0.717) is 5.56 Å². The Labute approximate surface area is 146 Å². The average Bonchev–Trinajstić information content (AvgIpc) is 2.64. The fraction of sp³-hybridized carbons (Fsp3) is 0.111. The Hall–Kier alpha value is -3.52. The van der Waals surface area contributed by atoms with Gasteiger partial charge in [0.15, 0.2) is 17.4 Å². The Morgan fingerprint density at radius 1 is 1.04 bits per heavy atom. The molecule has 0 aliphatic carbocycles. The van der Waals surface area contributed by atoms with Crippen molar-refractivity contribution in [1.29, 1.82) is 10.5 Å². The number of hydrogen-bond donors (Lipinski definition) is 0. The fourth-order valence-electron chi connectivity index (χ4n) is 2.09. The summed E-state index contributed by atoms with van der Waals surface area (Å²) >= 11 is 0. The van der Waals surface area contributed by atoms with Gasteiger partial charge in [-0.15, -0.1) is 0 Å². The Bertz CT molecular complexity index is 917. The molecule has 0 aromatic heterocycles. The molecule has 0 heterocycles. The minimum absolute atomic E-state index is 0.0782. The molecule has 0 bridgehead atoms. The van der Waals surface area contributed by atoms with Gasteiger partial charge in [-0.05, 0) is 23.8 Å². The summed E-state index contributed by atoms with van der Waals surface area (Å²) in [6.45, 7) is -0.476. The Kier molecular flexibility index (Phi) is 5.82. The first-order valence-electron chi connectivity index (χ1n) is 7.05. The van der Waals surface area contributed by atoms with Gasteiger partial charge in [0.25, 0.3) is 0 Å². The van der Waals surface area contributed by atoms with Crippen LogP contribution in [-0.2, 0) is 6.61 Å². The van der Waals surface area contributed by atoms with E-state index in [1.807, 2.05) is 0 Å². The van der Waals surface area contributed by atoms with Gasteiger partial charge in [0, 0.05) is 11.6 Å². The van der Waals surface area contributed by atoms with Crippen LogP contribution in [-0.4, -0.2) is 7.11 Å². The van der Waals surface area contributed by atoms with Crippen LogP contribution in [0.1, 0.15) is 11.1 Å². The zero-order valence-corrected chi connectivity index (χ0v) is 13.3. The number of allylic oxidation sites excluding steroid dienone is 1. The normalized spacial score (nSPS) is 9.81. The van der Waals surface area contributed by atoms with Gasteiger partial charge < -0.3 is 9.47 Å². The molecule has 0 fully saturated rings. The molecular weight excluding hydrogens is 352 g/mol. The van der Waals surface area contributed by atoms with Crippen molar-refractivity contribution in [2.45, 2.75) is 6.61 Å². The van der Waals surface area contributed by atoms with Gasteiger partial charge in [-0.3, -0.25) is 0 Å². The third-order valence-corrected chi connectivity index (χ3v) is 3.30. The maximum atomic E-state index is 13.7. The van der Waals surface area contributed by atoms with Crippen LogP contribution in [0.15, 0.2) is 29.8 Å². The minimum Gasteiger partial charge on any atom is -0.496 e. The highest BCUT2D eigenvalue weighted by atomic mass is 19.2. The second-order valence-corrected chi connectivity index (χ2v) is 4.94. The van der Waals surface area contributed by atoms with E-state index in [-0.39, 0.29) is 23.0 Å². The first-order chi connectivity index (χ1) is 12.4. The fourth-order valence-corrected chi connectivity index (χ4v) is 2.09. The van der Waals surface area contributed by atoms with Crippen LogP contribution >= 0.6 is 0 Å². The maximum Gasteiger partial charge on any atom is 0.203 e. The molecule has 26 heavy (non-hydrogen) atoms. The summed E-state index contributed by atoms with van der Waals surface area (Å²) < 4.78 is 63.7. The van der Waals surface area contributed by atoms with E-state index in [1.54, 1.807) is 18.2 Å². The molecule has 0 aliphatic rings. The van der Waals surface area contributed by atoms with Gasteiger partial charge in [-0.25, -0.2) is 8.78 Å². The zero-order chi connectivity index (χ0) is 19.3. The maximum absolute atomic E-state index is 13.7. The molecule has 0 radical (unpaired) electrons. The summed E-state index contributed by atoms with van der Waals surface area (Å²) in [7, 11) is 1.34. The summed E-state index contributed by atoms with van der Waals surface area (Å²) in [5.41, 5.74) is 0.542. The van der Waals surface area contributed by atoms with Crippen LogP contribution in [0, 0.1) is 45.9 Å². The van der Waals surface area contributed by atoms with Gasteiger partial charge in [-0.2, -0.15) is 19.3 Å². The molecule has 2 rings (SSSR count). The molecule has 0 saturated heterocycles. The number of rotatable bonds is 5. The molecule has 0 unspecified atom stereocenters. The number of benzene rings is 2. The molecule has 2 aromatic rings. The highest BCUT2D eigenvalue weighted by Gasteiger charge is 2.21. The highest BCUT2D eigenvalue weighted by molar-refractivity contribution is 5.63. The molecule has 2 aromatic carbocycles. The number of nitriles is 2. The molecular formula is C18H10F4N2O2. The van der Waals surface area contributed by atoms with Crippen LogP contribution in [0.4, 0.5) is 17.6 Å². The number of hydrogen-bond acceptors (Lipinski definition) is 4. The molecule has 0 saturated carbocycles. The molecule has 0 aliphatic heterocycles. The highest BCUT2D eigenvalue weighted by Crippen LogP contribution is 2.29. The number of methoxy groups -OCH3 is 1. The van der Waals surface area contributed by atoms with Gasteiger partial charge in [0.2, 0.25) is 11.6 Å². The van der Waals surface area contributed by atoms with Crippen molar-refractivity contribution in [3.8, 4) is 23.6 Å². The van der Waals surface area contributed by atoms with Crippen molar-refractivity contribution < 1.29 is 27.0 Å². The second-order valence-electron chi connectivity index (χ2n) is 4.94. The summed E-state index contributed by atoms with van der Waals surface area (Å²) in [4.78, 5) is 0. The zero-order valence-electron chi connectivity index (χ0n) is 13.3. The quantitative estimate of drug-likeness (QED) is 0.453. The van der Waals surface area contributed by atoms with E-state index in [0.717, 1.165) is 0 Å². The summed E-state index contributed by atoms with van der Waals surface area (Å²) in [6, 6.07) is 7.92. The third-order valence-electron chi connectivity index (χ3n) is 3.30. The average molecular weight is 362 g/mol. The third kappa shape index (κ3) is 3.93.